The number of sulfonamides is 1. The van der Waals surface area contributed by atoms with Gasteiger partial charge in [0, 0.05) is 13.1 Å². The van der Waals surface area contributed by atoms with Gasteiger partial charge in [-0.2, -0.15) is 22.3 Å². The van der Waals surface area contributed by atoms with Crippen LogP contribution in [-0.4, -0.2) is 56.0 Å². The first kappa shape index (κ1) is 19.2. The third-order valence-corrected chi connectivity index (χ3v) is 5.89. The number of rotatable bonds is 6. The number of tetrazole rings is 1. The third-order valence-electron chi connectivity index (χ3n) is 3.84. The molecule has 9 nitrogen and oxygen atoms in total. The summed E-state index contributed by atoms with van der Waals surface area (Å²) >= 11 is 0. The van der Waals surface area contributed by atoms with Crippen molar-refractivity contribution < 1.29 is 21.6 Å². The lowest BCUT2D eigenvalue weighted by Crippen LogP contribution is -2.30. The SMILES string of the molecule is CCN(CC)S(=O)(=O)c1ccc2nc(Cn3nnc(C(F)(F)F)n3)[nH]c2c1. The van der Waals surface area contributed by atoms with Gasteiger partial charge in [0.05, 0.1) is 15.9 Å². The molecule has 0 amide bonds. The maximum Gasteiger partial charge on any atom is 0.455 e. The highest BCUT2D eigenvalue weighted by atomic mass is 32.2. The summed E-state index contributed by atoms with van der Waals surface area (Å²) in [4.78, 5) is 7.95. The molecular weight excluding hydrogens is 387 g/mol. The standard InChI is InChI=1S/C14H16F3N7O2S/c1-3-23(4-2)27(25,26)9-5-6-10-11(7-9)19-12(18-10)8-24-21-13(20-22-24)14(15,16)17/h5-7H,3-4,8H2,1-2H3,(H,18,19). The van der Waals surface area contributed by atoms with Gasteiger partial charge in [-0.05, 0) is 23.4 Å². The molecule has 0 aliphatic rings. The second-order valence-corrected chi connectivity index (χ2v) is 7.53. The number of H-pyrrole nitrogens is 1. The second-order valence-electron chi connectivity index (χ2n) is 5.59. The lowest BCUT2D eigenvalue weighted by Gasteiger charge is -2.18. The fraction of sp³-hybridized carbons (Fsp3) is 0.429. The fourth-order valence-corrected chi connectivity index (χ4v) is 4.03. The van der Waals surface area contributed by atoms with E-state index in [1.54, 1.807) is 13.8 Å². The molecule has 3 rings (SSSR count). The molecule has 0 fully saturated rings. The number of hydrogen-bond acceptors (Lipinski definition) is 6. The molecule has 146 valence electrons. The number of nitrogens with zero attached hydrogens (tertiary/aromatic N) is 6. The summed E-state index contributed by atoms with van der Waals surface area (Å²) in [6.45, 7) is 3.99. The molecule has 0 spiro atoms. The number of nitrogens with one attached hydrogen (secondary N) is 1. The molecule has 0 unspecified atom stereocenters. The number of fused-ring (bicyclic) bond motifs is 1. The van der Waals surface area contributed by atoms with E-state index in [4.69, 9.17) is 0 Å². The number of alkyl halides is 3. The molecule has 1 N–H and O–H groups in total. The van der Waals surface area contributed by atoms with Crippen LogP contribution in [0, 0.1) is 0 Å². The summed E-state index contributed by atoms with van der Waals surface area (Å²) in [6, 6.07) is 4.41. The van der Waals surface area contributed by atoms with Gasteiger partial charge in [0.1, 0.15) is 12.4 Å². The molecule has 1 aromatic carbocycles. The van der Waals surface area contributed by atoms with Crippen molar-refractivity contribution in [3.63, 3.8) is 0 Å². The lowest BCUT2D eigenvalue weighted by atomic mass is 10.3. The number of aromatic nitrogens is 6. The van der Waals surface area contributed by atoms with Gasteiger partial charge in [-0.1, -0.05) is 13.8 Å². The van der Waals surface area contributed by atoms with Crippen molar-refractivity contribution >= 4 is 21.1 Å². The van der Waals surface area contributed by atoms with Crippen LogP contribution in [-0.2, 0) is 22.7 Å². The fourth-order valence-electron chi connectivity index (χ4n) is 2.55. The number of benzene rings is 1. The van der Waals surface area contributed by atoms with Crippen molar-refractivity contribution in [2.45, 2.75) is 31.5 Å². The highest BCUT2D eigenvalue weighted by molar-refractivity contribution is 7.89. The number of imidazole rings is 1. The minimum atomic E-state index is -4.68. The van der Waals surface area contributed by atoms with Gasteiger partial charge in [-0.3, -0.25) is 0 Å². The average Bonchev–Trinajstić information content (AvgIpc) is 3.21. The quantitative estimate of drug-likeness (QED) is 0.670. The summed E-state index contributed by atoms with van der Waals surface area (Å²) in [7, 11) is -3.63. The van der Waals surface area contributed by atoms with E-state index in [0.29, 0.717) is 24.1 Å². The molecule has 0 aliphatic heterocycles. The van der Waals surface area contributed by atoms with Crippen LogP contribution in [0.25, 0.3) is 11.0 Å². The van der Waals surface area contributed by atoms with Crippen molar-refractivity contribution in [1.82, 2.24) is 34.5 Å². The van der Waals surface area contributed by atoms with Crippen molar-refractivity contribution in [1.29, 1.82) is 0 Å². The van der Waals surface area contributed by atoms with Gasteiger partial charge in [0.2, 0.25) is 10.0 Å². The zero-order valence-corrected chi connectivity index (χ0v) is 15.2. The predicted molar refractivity (Wildman–Crippen MR) is 88.1 cm³/mol. The topological polar surface area (TPSA) is 110 Å². The van der Waals surface area contributed by atoms with Crippen molar-refractivity contribution in [3.05, 3.63) is 29.8 Å². The lowest BCUT2D eigenvalue weighted by molar-refractivity contribution is -0.145. The van der Waals surface area contributed by atoms with Crippen molar-refractivity contribution in [3.8, 4) is 0 Å². The first-order valence-corrected chi connectivity index (χ1v) is 9.43. The molecule has 0 bridgehead atoms. The van der Waals surface area contributed by atoms with E-state index in [-0.39, 0.29) is 17.3 Å². The van der Waals surface area contributed by atoms with E-state index < -0.39 is 22.0 Å². The molecular formula is C14H16F3N7O2S. The largest absolute Gasteiger partial charge is 0.455 e. The second kappa shape index (κ2) is 6.88. The first-order valence-electron chi connectivity index (χ1n) is 7.99. The Morgan fingerprint density at radius 1 is 1.22 bits per heavy atom. The van der Waals surface area contributed by atoms with Gasteiger partial charge in [0.15, 0.2) is 0 Å². The molecule has 0 atom stereocenters. The van der Waals surface area contributed by atoms with Gasteiger partial charge in [0.25, 0.3) is 5.82 Å². The molecule has 0 aliphatic carbocycles. The third kappa shape index (κ3) is 3.78. The van der Waals surface area contributed by atoms with Crippen LogP contribution < -0.4 is 0 Å². The predicted octanol–water partition coefficient (Wildman–Crippen LogP) is 1.65. The molecule has 13 heteroatoms. The molecule has 2 aromatic heterocycles. The minimum absolute atomic E-state index is 0.104. The van der Waals surface area contributed by atoms with E-state index in [1.165, 1.54) is 22.5 Å². The Labute approximate surface area is 152 Å². The highest BCUT2D eigenvalue weighted by Gasteiger charge is 2.36. The van der Waals surface area contributed by atoms with E-state index in [0.717, 1.165) is 4.80 Å². The Hall–Kier alpha value is -2.54. The maximum absolute atomic E-state index is 12.6. The number of halogens is 3. The maximum atomic E-state index is 12.6. The number of hydrogen-bond donors (Lipinski definition) is 1. The number of aromatic amines is 1. The molecule has 2 heterocycles. The highest BCUT2D eigenvalue weighted by Crippen LogP contribution is 2.25. The molecule has 0 saturated heterocycles. The van der Waals surface area contributed by atoms with Crippen LogP contribution in [0.3, 0.4) is 0 Å². The van der Waals surface area contributed by atoms with Crippen molar-refractivity contribution in [2.75, 3.05) is 13.1 Å². The molecule has 3 aromatic rings. The van der Waals surface area contributed by atoms with Crippen LogP contribution in [0.1, 0.15) is 25.5 Å². The normalized spacial score (nSPS) is 13.0. The monoisotopic (exact) mass is 403 g/mol. The molecule has 0 saturated carbocycles. The van der Waals surface area contributed by atoms with Crippen LogP contribution in [0.15, 0.2) is 23.1 Å². The molecule has 27 heavy (non-hydrogen) atoms. The smallest absolute Gasteiger partial charge is 0.340 e. The Morgan fingerprint density at radius 3 is 2.52 bits per heavy atom. The first-order chi connectivity index (χ1) is 12.6. The van der Waals surface area contributed by atoms with E-state index in [1.807, 2.05) is 0 Å². The zero-order valence-electron chi connectivity index (χ0n) is 14.4. The molecule has 0 radical (unpaired) electrons. The summed E-state index contributed by atoms with van der Waals surface area (Å²) in [5, 5.41) is 9.55. The Kier molecular flexibility index (Phi) is 4.90. The Morgan fingerprint density at radius 2 is 1.93 bits per heavy atom. The van der Waals surface area contributed by atoms with Crippen LogP contribution >= 0.6 is 0 Å². The van der Waals surface area contributed by atoms with Gasteiger partial charge >= 0.3 is 6.18 Å². The summed E-state index contributed by atoms with van der Waals surface area (Å²) < 4.78 is 64.1. The van der Waals surface area contributed by atoms with Crippen LogP contribution in [0.4, 0.5) is 13.2 Å². The van der Waals surface area contributed by atoms with Gasteiger partial charge in [-0.25, -0.2) is 13.4 Å². The summed E-state index contributed by atoms with van der Waals surface area (Å²) in [5.41, 5.74) is 0.911. The Bertz CT molecular complexity index is 1050. The van der Waals surface area contributed by atoms with Crippen LogP contribution in [0.5, 0.6) is 0 Å². The summed E-state index contributed by atoms with van der Waals surface area (Å²) in [6.07, 6.45) is -4.68. The van der Waals surface area contributed by atoms with Crippen molar-refractivity contribution in [2.24, 2.45) is 0 Å². The zero-order chi connectivity index (χ0) is 19.8. The van der Waals surface area contributed by atoms with Crippen LogP contribution in [0.2, 0.25) is 0 Å². The van der Waals surface area contributed by atoms with E-state index in [9.17, 15) is 21.6 Å². The minimum Gasteiger partial charge on any atom is -0.340 e. The van der Waals surface area contributed by atoms with Gasteiger partial charge < -0.3 is 4.98 Å². The van der Waals surface area contributed by atoms with Gasteiger partial charge in [-0.15, -0.1) is 10.2 Å². The van der Waals surface area contributed by atoms with E-state index >= 15 is 0 Å². The van der Waals surface area contributed by atoms with E-state index in [2.05, 4.69) is 25.4 Å². The average molecular weight is 403 g/mol. The Balaban J connectivity index is 1.89. The summed E-state index contributed by atoms with van der Waals surface area (Å²) in [5.74, 6) is -1.07.